The highest BCUT2D eigenvalue weighted by atomic mass is 35.5. The van der Waals surface area contributed by atoms with Crippen LogP contribution in [0.4, 0.5) is 0 Å². The molecule has 0 saturated carbocycles. The number of carbonyl (C=O) groups is 1. The predicted molar refractivity (Wildman–Crippen MR) is 99.5 cm³/mol. The first-order valence-corrected chi connectivity index (χ1v) is 8.31. The minimum Gasteiger partial charge on any atom is -0.507 e. The van der Waals surface area contributed by atoms with Crippen LogP contribution in [0.2, 0.25) is 5.02 Å². The molecule has 6 heteroatoms. The Balaban J connectivity index is 1.79. The van der Waals surface area contributed by atoms with Crippen molar-refractivity contribution in [3.63, 3.8) is 0 Å². The summed E-state index contributed by atoms with van der Waals surface area (Å²) in [7, 11) is 1.64. The zero-order valence-corrected chi connectivity index (χ0v) is 15.0. The smallest absolute Gasteiger partial charge is 0.240 e. The predicted octanol–water partition coefficient (Wildman–Crippen LogP) is 3.84. The molecule has 0 aliphatic carbocycles. The van der Waals surface area contributed by atoms with Gasteiger partial charge in [-0.3, -0.25) is 4.79 Å². The van der Waals surface area contributed by atoms with Gasteiger partial charge in [0.25, 0.3) is 0 Å². The van der Waals surface area contributed by atoms with E-state index in [4.69, 9.17) is 16.3 Å². The molecule has 0 aromatic heterocycles. The molecule has 0 heterocycles. The highest BCUT2D eigenvalue weighted by Crippen LogP contribution is 2.20. The number of phenols is 1. The van der Waals surface area contributed by atoms with Crippen LogP contribution in [0.1, 0.15) is 29.5 Å². The first kappa shape index (κ1) is 18.8. The molecule has 2 N–H and O–H groups in total. The average Bonchev–Trinajstić information content (AvgIpc) is 2.59. The number of hydrazone groups is 1. The van der Waals surface area contributed by atoms with Gasteiger partial charge in [-0.05, 0) is 61.2 Å². The van der Waals surface area contributed by atoms with Gasteiger partial charge in [0.15, 0.2) is 0 Å². The van der Waals surface area contributed by atoms with E-state index in [-0.39, 0.29) is 11.7 Å². The van der Waals surface area contributed by atoms with Crippen molar-refractivity contribution < 1.29 is 14.6 Å². The molecule has 0 atom stereocenters. The molecular formula is C19H21ClN2O3. The summed E-state index contributed by atoms with van der Waals surface area (Å²) in [5.74, 6) is 0.707. The first-order valence-electron chi connectivity index (χ1n) is 7.93. The summed E-state index contributed by atoms with van der Waals surface area (Å²) >= 11 is 5.85. The Bertz CT molecular complexity index is 775. The Morgan fingerprint density at radius 1 is 1.32 bits per heavy atom. The maximum Gasteiger partial charge on any atom is 0.240 e. The van der Waals surface area contributed by atoms with Crippen molar-refractivity contribution in [3.05, 3.63) is 58.1 Å². The zero-order valence-electron chi connectivity index (χ0n) is 14.3. The molecule has 0 saturated heterocycles. The lowest BCUT2D eigenvalue weighted by Crippen LogP contribution is -2.17. The van der Waals surface area contributed by atoms with Gasteiger partial charge in [-0.25, -0.2) is 5.43 Å². The second kappa shape index (κ2) is 9.08. The van der Waals surface area contributed by atoms with Gasteiger partial charge in [0.2, 0.25) is 5.91 Å². The minimum atomic E-state index is -0.177. The van der Waals surface area contributed by atoms with Gasteiger partial charge >= 0.3 is 0 Å². The topological polar surface area (TPSA) is 70.9 Å². The van der Waals surface area contributed by atoms with Crippen LogP contribution in [0.15, 0.2) is 41.5 Å². The molecule has 0 spiro atoms. The molecule has 0 radical (unpaired) electrons. The molecular weight excluding hydrogens is 340 g/mol. The molecule has 0 aliphatic rings. The number of aryl methyl sites for hydroxylation is 2. The number of amides is 1. The van der Waals surface area contributed by atoms with E-state index in [1.54, 1.807) is 19.2 Å². The number of hydrogen-bond acceptors (Lipinski definition) is 4. The molecule has 2 aromatic rings. The number of aromatic hydroxyl groups is 1. The molecule has 0 unspecified atom stereocenters. The minimum absolute atomic E-state index is 0.0531. The zero-order chi connectivity index (χ0) is 18.2. The molecule has 0 fully saturated rings. The lowest BCUT2D eigenvalue weighted by atomic mass is 10.0. The Morgan fingerprint density at radius 3 is 2.84 bits per heavy atom. The van der Waals surface area contributed by atoms with E-state index in [1.807, 2.05) is 25.1 Å². The van der Waals surface area contributed by atoms with Crippen LogP contribution in [0, 0.1) is 6.92 Å². The van der Waals surface area contributed by atoms with E-state index in [0.717, 1.165) is 24.2 Å². The van der Waals surface area contributed by atoms with E-state index < -0.39 is 0 Å². The number of halogens is 1. The third-order valence-electron chi connectivity index (χ3n) is 3.78. The molecule has 2 aromatic carbocycles. The normalized spacial score (nSPS) is 10.8. The molecule has 25 heavy (non-hydrogen) atoms. The number of ether oxygens (including phenoxy) is 1. The van der Waals surface area contributed by atoms with Crippen molar-refractivity contribution in [2.75, 3.05) is 7.11 Å². The number of rotatable bonds is 7. The first-order chi connectivity index (χ1) is 12.0. The monoisotopic (exact) mass is 360 g/mol. The molecule has 0 bridgehead atoms. The van der Waals surface area contributed by atoms with Gasteiger partial charge in [-0.2, -0.15) is 5.10 Å². The Kier molecular flexibility index (Phi) is 6.83. The maximum absolute atomic E-state index is 11.8. The Morgan fingerprint density at radius 2 is 2.12 bits per heavy atom. The third kappa shape index (κ3) is 5.80. The van der Waals surface area contributed by atoms with Crippen molar-refractivity contribution >= 4 is 23.7 Å². The second-order valence-corrected chi connectivity index (χ2v) is 6.08. The van der Waals surface area contributed by atoms with Gasteiger partial charge in [-0.1, -0.05) is 17.7 Å². The average molecular weight is 361 g/mol. The molecule has 2 rings (SSSR count). The fourth-order valence-electron chi connectivity index (χ4n) is 2.37. The third-order valence-corrected chi connectivity index (χ3v) is 4.02. The van der Waals surface area contributed by atoms with Crippen LogP contribution in [0.3, 0.4) is 0 Å². The number of phenolic OH excluding ortho intramolecular Hbond substituents is 1. The molecule has 0 aliphatic heterocycles. The van der Waals surface area contributed by atoms with Crippen LogP contribution in [-0.2, 0) is 11.2 Å². The van der Waals surface area contributed by atoms with Crippen LogP contribution in [0.5, 0.6) is 11.5 Å². The fraction of sp³-hybridized carbons (Fsp3) is 0.263. The quantitative estimate of drug-likeness (QED) is 0.582. The Labute approximate surface area is 152 Å². The van der Waals surface area contributed by atoms with Crippen molar-refractivity contribution in [2.45, 2.75) is 26.2 Å². The molecule has 1 amide bonds. The lowest BCUT2D eigenvalue weighted by Gasteiger charge is -2.07. The second-order valence-electron chi connectivity index (χ2n) is 5.64. The van der Waals surface area contributed by atoms with Crippen molar-refractivity contribution in [2.24, 2.45) is 5.10 Å². The highest BCUT2D eigenvalue weighted by molar-refractivity contribution is 6.30. The van der Waals surface area contributed by atoms with Crippen molar-refractivity contribution in [3.8, 4) is 11.5 Å². The maximum atomic E-state index is 11.8. The Hall–Kier alpha value is -2.53. The number of methoxy groups -OCH3 is 1. The molecule has 5 nitrogen and oxygen atoms in total. The number of nitrogens with zero attached hydrogens (tertiary/aromatic N) is 1. The van der Waals surface area contributed by atoms with Gasteiger partial charge in [0.1, 0.15) is 11.5 Å². The van der Waals surface area contributed by atoms with Crippen LogP contribution < -0.4 is 10.2 Å². The van der Waals surface area contributed by atoms with Gasteiger partial charge in [-0.15, -0.1) is 0 Å². The largest absolute Gasteiger partial charge is 0.507 e. The van der Waals surface area contributed by atoms with E-state index in [2.05, 4.69) is 10.5 Å². The van der Waals surface area contributed by atoms with Crippen molar-refractivity contribution in [1.29, 1.82) is 0 Å². The summed E-state index contributed by atoms with van der Waals surface area (Å²) in [5.41, 5.74) is 5.24. The SMILES string of the molecule is COc1ccc(CCCC(=O)N/N=C\c2cc(Cl)ccc2O)c(C)c1. The van der Waals surface area contributed by atoms with Crippen LogP contribution in [0.25, 0.3) is 0 Å². The summed E-state index contributed by atoms with van der Waals surface area (Å²) in [4.78, 5) is 11.8. The number of hydrogen-bond donors (Lipinski definition) is 2. The lowest BCUT2D eigenvalue weighted by molar-refractivity contribution is -0.121. The van der Waals surface area contributed by atoms with Crippen molar-refractivity contribution in [1.82, 2.24) is 5.43 Å². The summed E-state index contributed by atoms with van der Waals surface area (Å²) in [6, 6.07) is 10.5. The fourth-order valence-corrected chi connectivity index (χ4v) is 2.55. The summed E-state index contributed by atoms with van der Waals surface area (Å²) in [5, 5.41) is 14.0. The number of carbonyl (C=O) groups excluding carboxylic acids is 1. The standard InChI is InChI=1S/C19H21ClN2O3/c1-13-10-17(25-2)8-6-14(13)4-3-5-19(24)22-21-12-15-11-16(20)7-9-18(15)23/h6-12,23H,3-5H2,1-2H3,(H,22,24)/b21-12-. The van der Waals surface area contributed by atoms with E-state index in [0.29, 0.717) is 17.0 Å². The van der Waals surface area contributed by atoms with E-state index in [9.17, 15) is 9.90 Å². The van der Waals surface area contributed by atoms with Gasteiger partial charge in [0, 0.05) is 17.0 Å². The van der Waals surface area contributed by atoms with E-state index >= 15 is 0 Å². The van der Waals surface area contributed by atoms with Crippen LogP contribution in [-0.4, -0.2) is 24.3 Å². The molecule has 132 valence electrons. The highest BCUT2D eigenvalue weighted by Gasteiger charge is 2.04. The number of benzene rings is 2. The van der Waals surface area contributed by atoms with E-state index in [1.165, 1.54) is 17.8 Å². The van der Waals surface area contributed by atoms with Gasteiger partial charge in [0.05, 0.1) is 13.3 Å². The van der Waals surface area contributed by atoms with Crippen LogP contribution >= 0.6 is 11.6 Å². The number of nitrogens with one attached hydrogen (secondary N) is 1. The summed E-state index contributed by atoms with van der Waals surface area (Å²) in [6.45, 7) is 2.03. The summed E-state index contributed by atoms with van der Waals surface area (Å²) in [6.07, 6.45) is 3.26. The summed E-state index contributed by atoms with van der Waals surface area (Å²) < 4.78 is 5.18. The van der Waals surface area contributed by atoms with Gasteiger partial charge < -0.3 is 9.84 Å².